The molecule has 0 amide bonds. The van der Waals surface area contributed by atoms with Crippen molar-refractivity contribution in [3.63, 3.8) is 0 Å². The highest BCUT2D eigenvalue weighted by Gasteiger charge is 2.16. The molecule has 0 spiro atoms. The Morgan fingerprint density at radius 1 is 0.625 bits per heavy atom. The Hall–Kier alpha value is -0.506. The molecule has 90 valence electrons. The summed E-state index contributed by atoms with van der Waals surface area (Å²) in [6.07, 6.45) is 0. The third kappa shape index (κ3) is 3.24. The van der Waals surface area contributed by atoms with E-state index in [0.717, 1.165) is 10.4 Å². The van der Waals surface area contributed by atoms with Crippen LogP contribution in [0.4, 0.5) is 0 Å². The lowest BCUT2D eigenvalue weighted by Crippen LogP contribution is -2.39. The van der Waals surface area contributed by atoms with Crippen LogP contribution in [0.25, 0.3) is 0 Å². The summed E-state index contributed by atoms with van der Waals surface area (Å²) >= 11 is 0. The Bertz CT molecular complexity index is 265. The molecule has 0 aliphatic carbocycles. The number of rotatable bonds is 6. The topological polar surface area (TPSA) is 36.9 Å². The predicted molar refractivity (Wildman–Crippen MR) is 68.0 cm³/mol. The van der Waals surface area contributed by atoms with Crippen molar-refractivity contribution >= 4 is 28.9 Å². The fourth-order valence-corrected chi connectivity index (χ4v) is 4.03. The van der Waals surface area contributed by atoms with Crippen LogP contribution < -0.4 is 10.4 Å². The van der Waals surface area contributed by atoms with E-state index in [1.807, 2.05) is 24.3 Å². The van der Waals surface area contributed by atoms with Crippen molar-refractivity contribution in [3.05, 3.63) is 24.3 Å². The Morgan fingerprint density at radius 2 is 0.875 bits per heavy atom. The molecule has 0 saturated carbocycles. The van der Waals surface area contributed by atoms with Crippen molar-refractivity contribution in [2.24, 2.45) is 0 Å². The van der Waals surface area contributed by atoms with Gasteiger partial charge in [0.05, 0.1) is 0 Å². The molecule has 0 heterocycles. The molecule has 0 aliphatic heterocycles. The third-order valence-corrected chi connectivity index (χ3v) is 5.91. The lowest BCUT2D eigenvalue weighted by Gasteiger charge is -2.14. The minimum Gasteiger partial charge on any atom is -0.397 e. The van der Waals surface area contributed by atoms with Gasteiger partial charge in [-0.2, -0.15) is 0 Å². The first-order valence-electron chi connectivity index (χ1n) is 4.97. The van der Waals surface area contributed by atoms with E-state index in [2.05, 4.69) is 0 Å². The Morgan fingerprint density at radius 3 is 1.06 bits per heavy atom. The second-order valence-corrected chi connectivity index (χ2v) is 7.82. The van der Waals surface area contributed by atoms with Gasteiger partial charge in [-0.3, -0.25) is 0 Å². The first-order chi connectivity index (χ1) is 7.76. The summed E-state index contributed by atoms with van der Waals surface area (Å²) in [7, 11) is 3.33. The summed E-state index contributed by atoms with van der Waals surface area (Å²) in [5.74, 6) is 0. The summed E-state index contributed by atoms with van der Waals surface area (Å²) in [6.45, 7) is 0. The van der Waals surface area contributed by atoms with Gasteiger partial charge < -0.3 is 17.7 Å². The van der Waals surface area contributed by atoms with Crippen LogP contribution in [-0.2, 0) is 17.7 Å². The molecule has 0 saturated heterocycles. The van der Waals surface area contributed by atoms with Crippen molar-refractivity contribution < 1.29 is 17.7 Å². The maximum absolute atomic E-state index is 5.30. The molecule has 16 heavy (non-hydrogen) atoms. The maximum atomic E-state index is 5.30. The zero-order valence-electron chi connectivity index (χ0n) is 10.1. The molecular weight excluding hydrogens is 240 g/mol. The van der Waals surface area contributed by atoms with Crippen molar-refractivity contribution in [3.8, 4) is 0 Å². The quantitative estimate of drug-likeness (QED) is 0.622. The van der Waals surface area contributed by atoms with Crippen LogP contribution in [-0.4, -0.2) is 47.0 Å². The number of hydrogen-bond donors (Lipinski definition) is 0. The molecular formula is C10H18O4Si2. The van der Waals surface area contributed by atoms with Gasteiger partial charge in [0.25, 0.3) is 0 Å². The van der Waals surface area contributed by atoms with Crippen molar-refractivity contribution in [1.82, 2.24) is 0 Å². The van der Waals surface area contributed by atoms with Gasteiger partial charge in [0.1, 0.15) is 0 Å². The van der Waals surface area contributed by atoms with E-state index in [4.69, 9.17) is 17.7 Å². The minimum atomic E-state index is -1.69. The number of benzene rings is 1. The second kappa shape index (κ2) is 6.94. The Balaban J connectivity index is 2.81. The van der Waals surface area contributed by atoms with E-state index >= 15 is 0 Å². The van der Waals surface area contributed by atoms with Crippen LogP contribution in [0.5, 0.6) is 0 Å². The fraction of sp³-hybridized carbons (Fsp3) is 0.400. The van der Waals surface area contributed by atoms with Gasteiger partial charge in [-0.15, -0.1) is 0 Å². The van der Waals surface area contributed by atoms with E-state index in [1.165, 1.54) is 0 Å². The van der Waals surface area contributed by atoms with Gasteiger partial charge in [0.2, 0.25) is 0 Å². The largest absolute Gasteiger partial charge is 0.397 e. The molecule has 0 fully saturated rings. The van der Waals surface area contributed by atoms with E-state index in [1.54, 1.807) is 28.4 Å². The van der Waals surface area contributed by atoms with Gasteiger partial charge in [0, 0.05) is 28.4 Å². The molecule has 0 aliphatic rings. The van der Waals surface area contributed by atoms with Gasteiger partial charge in [-0.05, 0) is 10.4 Å². The Kier molecular flexibility index (Phi) is 5.88. The van der Waals surface area contributed by atoms with Gasteiger partial charge >= 0.3 is 18.6 Å². The maximum Gasteiger partial charge on any atom is 0.355 e. The highest BCUT2D eigenvalue weighted by molar-refractivity contribution is 6.63. The van der Waals surface area contributed by atoms with Crippen LogP contribution in [0.1, 0.15) is 0 Å². The summed E-state index contributed by atoms with van der Waals surface area (Å²) in [5.41, 5.74) is 0. The molecule has 0 bridgehead atoms. The molecule has 1 rings (SSSR count). The van der Waals surface area contributed by atoms with Crippen LogP contribution in [0.3, 0.4) is 0 Å². The van der Waals surface area contributed by atoms with Crippen molar-refractivity contribution in [1.29, 1.82) is 0 Å². The van der Waals surface area contributed by atoms with E-state index in [0.29, 0.717) is 0 Å². The van der Waals surface area contributed by atoms with Gasteiger partial charge in [0.15, 0.2) is 0 Å². The smallest absolute Gasteiger partial charge is 0.355 e. The lowest BCUT2D eigenvalue weighted by atomic mass is 10.4. The predicted octanol–water partition coefficient (Wildman–Crippen LogP) is -0.873. The minimum absolute atomic E-state index is 1.12. The molecule has 0 unspecified atom stereocenters. The van der Waals surface area contributed by atoms with E-state index in [-0.39, 0.29) is 0 Å². The Labute approximate surface area is 99.8 Å². The first kappa shape index (κ1) is 13.6. The van der Waals surface area contributed by atoms with Crippen LogP contribution >= 0.6 is 0 Å². The zero-order chi connectivity index (χ0) is 12.0. The molecule has 0 atom stereocenters. The third-order valence-electron chi connectivity index (χ3n) is 2.34. The normalized spacial score (nSPS) is 11.4. The average Bonchev–Trinajstić information content (AvgIpc) is 2.34. The molecule has 4 nitrogen and oxygen atoms in total. The molecule has 6 heteroatoms. The second-order valence-electron chi connectivity index (χ2n) is 3.27. The van der Waals surface area contributed by atoms with Crippen molar-refractivity contribution in [2.75, 3.05) is 28.4 Å². The molecule has 0 aromatic heterocycles. The van der Waals surface area contributed by atoms with E-state index in [9.17, 15) is 0 Å². The zero-order valence-corrected chi connectivity index (χ0v) is 12.4. The standard InChI is InChI=1S/C10H18O4Si2/c1-11-15(12-2)9-5-7-10(8-6-9)16(13-3)14-4/h5-8,15-16H,1-4H3. The summed E-state index contributed by atoms with van der Waals surface area (Å²) in [4.78, 5) is 0. The monoisotopic (exact) mass is 258 g/mol. The van der Waals surface area contributed by atoms with Crippen molar-refractivity contribution in [2.45, 2.75) is 0 Å². The van der Waals surface area contributed by atoms with Gasteiger partial charge in [-0.1, -0.05) is 24.3 Å². The summed E-state index contributed by atoms with van der Waals surface area (Å²) in [5, 5.41) is 2.24. The van der Waals surface area contributed by atoms with Gasteiger partial charge in [-0.25, -0.2) is 0 Å². The average molecular weight is 258 g/mol. The fourth-order valence-electron chi connectivity index (χ4n) is 1.55. The summed E-state index contributed by atoms with van der Waals surface area (Å²) in [6, 6.07) is 8.10. The van der Waals surface area contributed by atoms with E-state index < -0.39 is 18.6 Å². The molecule has 1 aromatic rings. The molecule has 1 aromatic carbocycles. The number of hydrogen-bond acceptors (Lipinski definition) is 4. The highest BCUT2D eigenvalue weighted by atomic mass is 28.3. The van der Waals surface area contributed by atoms with Crippen LogP contribution in [0, 0.1) is 0 Å². The molecule has 0 N–H and O–H groups in total. The van der Waals surface area contributed by atoms with Crippen LogP contribution in [0.15, 0.2) is 24.3 Å². The highest BCUT2D eigenvalue weighted by Crippen LogP contribution is 1.92. The SMILES string of the molecule is CO[SiH](OC)c1ccc([SiH](OC)OC)cc1. The van der Waals surface area contributed by atoms with Crippen LogP contribution in [0.2, 0.25) is 0 Å². The molecule has 0 radical (unpaired) electrons. The summed E-state index contributed by atoms with van der Waals surface area (Å²) < 4.78 is 21.2. The first-order valence-corrected chi connectivity index (χ1v) is 8.01. The lowest BCUT2D eigenvalue weighted by molar-refractivity contribution is 0.291.